The standard InChI is InChI=1S/C23H46N2O2.C20H36N4O4.2CH4/c1-3-5-6-7-8-9-10-11-12-13-14-15-16-17-18-19-20-24-23(26)25-21-22-27-4-2;1-6-27-10-8-21-17(25)23-15-20(5)13-16(12-19(3,4)14-20)24-18(26)22-9-11-28-7-2;;/h4H,2-3,5-22H2,1H3,(H2,24,25,26);6-7,16H,1-2,8-15H2,3-5H3,(H2,21,23,25)(H2,22,24,26);2*1H4. The van der Waals surface area contributed by atoms with Crippen molar-refractivity contribution in [2.45, 2.75) is 171 Å². The van der Waals surface area contributed by atoms with Gasteiger partial charge in [0, 0.05) is 19.1 Å². The van der Waals surface area contributed by atoms with Gasteiger partial charge in [-0.05, 0) is 36.5 Å². The maximum Gasteiger partial charge on any atom is 0.315 e. The molecule has 2 unspecified atom stereocenters. The topological polar surface area (TPSA) is 151 Å². The van der Waals surface area contributed by atoms with E-state index in [9.17, 15) is 14.4 Å². The van der Waals surface area contributed by atoms with Gasteiger partial charge in [-0.3, -0.25) is 0 Å². The lowest BCUT2D eigenvalue weighted by atomic mass is 9.62. The second kappa shape index (κ2) is 39.3. The minimum atomic E-state index is -0.221. The van der Waals surface area contributed by atoms with Crippen LogP contribution in [-0.4, -0.2) is 76.7 Å². The zero-order valence-corrected chi connectivity index (χ0v) is 35.5. The van der Waals surface area contributed by atoms with E-state index in [1.165, 1.54) is 115 Å². The van der Waals surface area contributed by atoms with E-state index in [1.54, 1.807) is 0 Å². The van der Waals surface area contributed by atoms with Crippen LogP contribution in [0.2, 0.25) is 0 Å². The Kier molecular flexibility index (Phi) is 39.8. The molecule has 2 atom stereocenters. The Hall–Kier alpha value is -3.57. The number of ether oxygens (including phenoxy) is 3. The summed E-state index contributed by atoms with van der Waals surface area (Å²) in [5, 5.41) is 17.2. The van der Waals surface area contributed by atoms with Crippen LogP contribution in [0.25, 0.3) is 0 Å². The first-order valence-electron chi connectivity index (χ1n) is 21.3. The van der Waals surface area contributed by atoms with Crippen LogP contribution in [0.4, 0.5) is 14.4 Å². The molecule has 0 aromatic carbocycles. The van der Waals surface area contributed by atoms with Gasteiger partial charge in [-0.1, -0.05) is 159 Å². The van der Waals surface area contributed by atoms with Crippen molar-refractivity contribution >= 4 is 18.1 Å². The molecule has 1 saturated carbocycles. The fourth-order valence-corrected chi connectivity index (χ4v) is 7.32. The molecule has 336 valence electrons. The van der Waals surface area contributed by atoms with Crippen LogP contribution in [0.1, 0.15) is 165 Å². The van der Waals surface area contributed by atoms with E-state index in [1.807, 2.05) is 0 Å². The number of hydrogen-bond donors (Lipinski definition) is 6. The molecule has 0 heterocycles. The highest BCUT2D eigenvalue weighted by Gasteiger charge is 2.41. The molecule has 57 heavy (non-hydrogen) atoms. The zero-order valence-electron chi connectivity index (χ0n) is 35.5. The second-order valence-corrected chi connectivity index (χ2v) is 15.9. The van der Waals surface area contributed by atoms with Gasteiger partial charge in [-0.15, -0.1) is 0 Å². The third-order valence-electron chi connectivity index (χ3n) is 9.64. The predicted molar refractivity (Wildman–Crippen MR) is 240 cm³/mol. The highest BCUT2D eigenvalue weighted by molar-refractivity contribution is 5.74. The van der Waals surface area contributed by atoms with Gasteiger partial charge in [-0.2, -0.15) is 0 Å². The highest BCUT2D eigenvalue weighted by atomic mass is 16.5. The summed E-state index contributed by atoms with van der Waals surface area (Å²) in [6, 6.07) is -0.490. The molecule has 0 aromatic heterocycles. The van der Waals surface area contributed by atoms with Crippen molar-refractivity contribution in [1.82, 2.24) is 31.9 Å². The van der Waals surface area contributed by atoms with E-state index >= 15 is 0 Å². The number of rotatable bonds is 32. The van der Waals surface area contributed by atoms with Gasteiger partial charge in [-0.25, -0.2) is 14.4 Å². The van der Waals surface area contributed by atoms with Gasteiger partial charge in [0.25, 0.3) is 0 Å². The van der Waals surface area contributed by atoms with Gasteiger partial charge in [0.05, 0.1) is 38.4 Å². The molecule has 12 heteroatoms. The molecular formula is C45H90N6O6. The van der Waals surface area contributed by atoms with Crippen molar-refractivity contribution in [1.29, 1.82) is 0 Å². The van der Waals surface area contributed by atoms with Crippen molar-refractivity contribution < 1.29 is 28.6 Å². The van der Waals surface area contributed by atoms with E-state index in [0.29, 0.717) is 46.0 Å². The Labute approximate surface area is 350 Å². The Morgan fingerprint density at radius 1 is 0.544 bits per heavy atom. The quantitative estimate of drug-likeness (QED) is 0.0294. The minimum Gasteiger partial charge on any atom is -0.500 e. The number of carbonyl (C=O) groups excluding carboxylic acids is 3. The molecule has 0 saturated heterocycles. The van der Waals surface area contributed by atoms with Gasteiger partial charge in [0.15, 0.2) is 0 Å². The lowest BCUT2D eigenvalue weighted by Gasteiger charge is -2.46. The molecule has 6 N–H and O–H groups in total. The highest BCUT2D eigenvalue weighted by Crippen LogP contribution is 2.45. The molecule has 0 spiro atoms. The van der Waals surface area contributed by atoms with Crippen LogP contribution in [0, 0.1) is 10.8 Å². The van der Waals surface area contributed by atoms with Gasteiger partial charge in [0.2, 0.25) is 0 Å². The molecule has 1 aliphatic carbocycles. The third-order valence-corrected chi connectivity index (χ3v) is 9.64. The fourth-order valence-electron chi connectivity index (χ4n) is 7.32. The Morgan fingerprint density at radius 3 is 1.33 bits per heavy atom. The van der Waals surface area contributed by atoms with Crippen LogP contribution in [0.3, 0.4) is 0 Å². The van der Waals surface area contributed by atoms with Crippen LogP contribution in [-0.2, 0) is 14.2 Å². The van der Waals surface area contributed by atoms with Crippen LogP contribution < -0.4 is 31.9 Å². The minimum absolute atomic E-state index is 0. The van der Waals surface area contributed by atoms with Crippen molar-refractivity contribution in [2.75, 3.05) is 52.5 Å². The SMILES string of the molecule is C.C.C=COCCNC(=O)NCC1(C)CC(NC(=O)NCCOC=C)CC(C)(C)C1.C=COCCNC(=O)NCCCCCCCCCCCCCCCCCC. The molecule has 6 amide bonds. The average molecular weight is 811 g/mol. The number of hydrogen-bond acceptors (Lipinski definition) is 6. The van der Waals surface area contributed by atoms with Crippen LogP contribution >= 0.6 is 0 Å². The maximum atomic E-state index is 12.1. The lowest BCUT2D eigenvalue weighted by molar-refractivity contribution is 0.0748. The molecule has 1 rings (SSSR count). The fraction of sp³-hybridized carbons (Fsp3) is 0.800. The van der Waals surface area contributed by atoms with Crippen molar-refractivity contribution in [3.63, 3.8) is 0 Å². The molecule has 0 bridgehead atoms. The Balaban J connectivity index is -0.000000989. The summed E-state index contributed by atoms with van der Waals surface area (Å²) in [5.74, 6) is 0. The first-order valence-corrected chi connectivity index (χ1v) is 21.3. The smallest absolute Gasteiger partial charge is 0.315 e. The molecule has 0 aromatic rings. The molecule has 1 aliphatic rings. The molecule has 0 radical (unpaired) electrons. The van der Waals surface area contributed by atoms with E-state index in [0.717, 1.165) is 32.2 Å². The third kappa shape index (κ3) is 37.8. The van der Waals surface area contributed by atoms with Crippen molar-refractivity contribution in [2.24, 2.45) is 10.8 Å². The predicted octanol–water partition coefficient (Wildman–Crippen LogP) is 10.5. The first-order chi connectivity index (χ1) is 26.5. The van der Waals surface area contributed by atoms with E-state index in [2.05, 4.69) is 79.3 Å². The van der Waals surface area contributed by atoms with Crippen molar-refractivity contribution in [3.8, 4) is 0 Å². The summed E-state index contributed by atoms with van der Waals surface area (Å²) < 4.78 is 14.9. The van der Waals surface area contributed by atoms with Crippen molar-refractivity contribution in [3.05, 3.63) is 38.5 Å². The summed E-state index contributed by atoms with van der Waals surface area (Å²) in [6.45, 7) is 23.1. The van der Waals surface area contributed by atoms with Gasteiger partial charge < -0.3 is 46.1 Å². The van der Waals surface area contributed by atoms with E-state index < -0.39 is 0 Å². The number of carbonyl (C=O) groups is 3. The summed E-state index contributed by atoms with van der Waals surface area (Å²) in [7, 11) is 0. The molecule has 1 fully saturated rings. The van der Waals surface area contributed by atoms with Crippen LogP contribution in [0.15, 0.2) is 38.5 Å². The summed E-state index contributed by atoms with van der Waals surface area (Å²) in [6.07, 6.45) is 28.6. The van der Waals surface area contributed by atoms with Gasteiger partial charge >= 0.3 is 18.1 Å². The monoisotopic (exact) mass is 811 g/mol. The Bertz CT molecular complexity index is 1010. The van der Waals surface area contributed by atoms with E-state index in [-0.39, 0.29) is 49.8 Å². The first kappa shape index (κ1) is 57.8. The number of unbranched alkanes of at least 4 members (excludes halogenated alkanes) is 15. The summed E-state index contributed by atoms with van der Waals surface area (Å²) in [5.41, 5.74) is -0.0482. The van der Waals surface area contributed by atoms with Gasteiger partial charge in [0.1, 0.15) is 19.8 Å². The number of urea groups is 3. The van der Waals surface area contributed by atoms with E-state index in [4.69, 9.17) is 14.2 Å². The average Bonchev–Trinajstić information content (AvgIpc) is 3.13. The lowest BCUT2D eigenvalue weighted by Crippen LogP contribution is -2.53. The summed E-state index contributed by atoms with van der Waals surface area (Å²) >= 11 is 0. The van der Waals surface area contributed by atoms with Crippen LogP contribution in [0.5, 0.6) is 0 Å². The normalized spacial score (nSPS) is 16.3. The molecular weight excluding hydrogens is 721 g/mol. The maximum absolute atomic E-state index is 12.1. The number of amides is 6. The molecule has 0 aliphatic heterocycles. The molecule has 12 nitrogen and oxygen atoms in total. The largest absolute Gasteiger partial charge is 0.500 e. The second-order valence-electron chi connectivity index (χ2n) is 15.9. The summed E-state index contributed by atoms with van der Waals surface area (Å²) in [4.78, 5) is 35.6. The number of nitrogens with one attached hydrogen (secondary N) is 6. The zero-order chi connectivity index (χ0) is 40.9. The Morgan fingerprint density at radius 2 is 0.912 bits per heavy atom.